The number of ether oxygens (including phenoxy) is 1. The zero-order valence-electron chi connectivity index (χ0n) is 13.2. The van der Waals surface area contributed by atoms with E-state index in [4.69, 9.17) is 4.74 Å². The van der Waals surface area contributed by atoms with Crippen LogP contribution in [0.2, 0.25) is 0 Å². The van der Waals surface area contributed by atoms with E-state index in [-0.39, 0.29) is 5.56 Å². The van der Waals surface area contributed by atoms with Gasteiger partial charge >= 0.3 is 0 Å². The number of thiophene rings is 1. The number of para-hydroxylation sites is 1. The van der Waals surface area contributed by atoms with Crippen molar-refractivity contribution in [1.82, 2.24) is 14.6 Å². The van der Waals surface area contributed by atoms with E-state index in [0.717, 1.165) is 16.2 Å². The zero-order valence-corrected chi connectivity index (χ0v) is 14.9. The Balaban J connectivity index is 1.73. The van der Waals surface area contributed by atoms with Crippen molar-refractivity contribution in [1.29, 1.82) is 0 Å². The van der Waals surface area contributed by atoms with Gasteiger partial charge in [-0.2, -0.15) is 9.50 Å². The second-order valence-electron chi connectivity index (χ2n) is 5.17. The number of methoxy groups -OCH3 is 1. The third-order valence-corrected chi connectivity index (χ3v) is 5.36. The van der Waals surface area contributed by atoms with Crippen molar-refractivity contribution in [3.8, 4) is 5.75 Å². The van der Waals surface area contributed by atoms with E-state index in [2.05, 4.69) is 10.1 Å². The number of thiazole rings is 1. The Kier molecular flexibility index (Phi) is 4.17. The van der Waals surface area contributed by atoms with Gasteiger partial charge in [-0.3, -0.25) is 4.79 Å². The summed E-state index contributed by atoms with van der Waals surface area (Å²) in [6.07, 6.45) is 5.56. The molecule has 0 aliphatic carbocycles. The molecule has 3 heterocycles. The largest absolute Gasteiger partial charge is 0.496 e. The number of aromatic nitrogens is 3. The molecule has 5 nitrogen and oxygen atoms in total. The van der Waals surface area contributed by atoms with Crippen molar-refractivity contribution >= 4 is 45.9 Å². The number of hydrogen-bond donors (Lipinski definition) is 0. The molecule has 0 amide bonds. The molecule has 0 N–H and O–H groups in total. The van der Waals surface area contributed by atoms with Gasteiger partial charge in [0.15, 0.2) is 5.82 Å². The Hall–Kier alpha value is -2.77. The van der Waals surface area contributed by atoms with E-state index in [1.165, 1.54) is 15.9 Å². The molecule has 4 aromatic rings. The highest BCUT2D eigenvalue weighted by Gasteiger charge is 2.09. The smallest absolute Gasteiger partial charge is 0.291 e. The van der Waals surface area contributed by atoms with Gasteiger partial charge in [-0.1, -0.05) is 35.6 Å². The Morgan fingerprint density at radius 3 is 2.80 bits per heavy atom. The Morgan fingerprint density at radius 2 is 2.04 bits per heavy atom. The first-order valence-corrected chi connectivity index (χ1v) is 9.20. The SMILES string of the molecule is COc1ccccc1/C=c1/sc2nc(/C=C/c3cccs3)nn2c1=O. The first-order valence-electron chi connectivity index (χ1n) is 7.50. The van der Waals surface area contributed by atoms with Crippen molar-refractivity contribution < 1.29 is 4.74 Å². The normalized spacial score (nSPS) is 12.4. The molecule has 0 radical (unpaired) electrons. The molecule has 25 heavy (non-hydrogen) atoms. The van der Waals surface area contributed by atoms with Crippen LogP contribution in [0, 0.1) is 0 Å². The van der Waals surface area contributed by atoms with Crippen LogP contribution in [-0.2, 0) is 0 Å². The highest BCUT2D eigenvalue weighted by Crippen LogP contribution is 2.18. The maximum Gasteiger partial charge on any atom is 0.291 e. The molecule has 0 aliphatic heterocycles. The number of hydrogen-bond acceptors (Lipinski definition) is 6. The van der Waals surface area contributed by atoms with Gasteiger partial charge in [-0.25, -0.2) is 0 Å². The van der Waals surface area contributed by atoms with Crippen LogP contribution >= 0.6 is 22.7 Å². The highest BCUT2D eigenvalue weighted by molar-refractivity contribution is 7.15. The van der Waals surface area contributed by atoms with Gasteiger partial charge in [0, 0.05) is 10.4 Å². The first kappa shape index (κ1) is 15.7. The fraction of sp³-hybridized carbons (Fsp3) is 0.0556. The topological polar surface area (TPSA) is 56.5 Å². The summed E-state index contributed by atoms with van der Waals surface area (Å²) in [6, 6.07) is 11.6. The maximum atomic E-state index is 12.6. The minimum absolute atomic E-state index is 0.172. The van der Waals surface area contributed by atoms with E-state index in [9.17, 15) is 4.79 Å². The van der Waals surface area contributed by atoms with E-state index in [1.807, 2.05) is 60.0 Å². The van der Waals surface area contributed by atoms with Crippen LogP contribution in [0.1, 0.15) is 16.3 Å². The lowest BCUT2D eigenvalue weighted by Gasteiger charge is -2.02. The van der Waals surface area contributed by atoms with Crippen LogP contribution in [0.15, 0.2) is 46.6 Å². The Labute approximate surface area is 151 Å². The van der Waals surface area contributed by atoms with Crippen LogP contribution in [0.4, 0.5) is 0 Å². The lowest BCUT2D eigenvalue weighted by atomic mass is 10.2. The third-order valence-electron chi connectivity index (χ3n) is 3.56. The van der Waals surface area contributed by atoms with Crippen LogP contribution in [0.5, 0.6) is 5.75 Å². The quantitative estimate of drug-likeness (QED) is 0.556. The van der Waals surface area contributed by atoms with Gasteiger partial charge in [0.1, 0.15) is 5.75 Å². The number of rotatable bonds is 4. The predicted octanol–water partition coefficient (Wildman–Crippen LogP) is 2.94. The molecular weight excluding hydrogens is 354 g/mol. The summed E-state index contributed by atoms with van der Waals surface area (Å²) < 4.78 is 7.25. The maximum absolute atomic E-state index is 12.6. The molecule has 0 saturated heterocycles. The summed E-state index contributed by atoms with van der Waals surface area (Å²) in [5.74, 6) is 1.25. The summed E-state index contributed by atoms with van der Waals surface area (Å²) >= 11 is 2.95. The Morgan fingerprint density at radius 1 is 1.16 bits per heavy atom. The molecule has 0 atom stereocenters. The second-order valence-corrected chi connectivity index (χ2v) is 7.16. The van der Waals surface area contributed by atoms with Crippen LogP contribution in [0.3, 0.4) is 0 Å². The van der Waals surface area contributed by atoms with Gasteiger partial charge < -0.3 is 4.74 Å². The molecular formula is C18H13N3O2S2. The molecule has 3 aromatic heterocycles. The standard InChI is InChI=1S/C18H13N3O2S2/c1-23-14-7-3-2-5-12(14)11-15-17(22)21-18(25-15)19-16(20-21)9-8-13-6-4-10-24-13/h2-11H,1H3/b9-8+,15-11+. The van der Waals surface area contributed by atoms with Gasteiger partial charge in [0.05, 0.1) is 11.6 Å². The summed E-state index contributed by atoms with van der Waals surface area (Å²) in [7, 11) is 1.61. The van der Waals surface area contributed by atoms with E-state index in [1.54, 1.807) is 18.4 Å². The molecule has 124 valence electrons. The lowest BCUT2D eigenvalue weighted by Crippen LogP contribution is -2.23. The summed E-state index contributed by atoms with van der Waals surface area (Å²) in [5, 5.41) is 6.30. The highest BCUT2D eigenvalue weighted by atomic mass is 32.1. The molecule has 0 saturated carbocycles. The second kappa shape index (κ2) is 6.62. The van der Waals surface area contributed by atoms with Gasteiger partial charge in [-0.05, 0) is 35.7 Å². The molecule has 0 unspecified atom stereocenters. The summed E-state index contributed by atoms with van der Waals surface area (Å²) in [6.45, 7) is 0. The van der Waals surface area contributed by atoms with Gasteiger partial charge in [0.25, 0.3) is 5.56 Å². The molecule has 0 aliphatic rings. The van der Waals surface area contributed by atoms with Gasteiger partial charge in [-0.15, -0.1) is 16.4 Å². The third kappa shape index (κ3) is 3.11. The van der Waals surface area contributed by atoms with E-state index < -0.39 is 0 Å². The monoisotopic (exact) mass is 367 g/mol. The average molecular weight is 367 g/mol. The number of nitrogens with zero attached hydrogens (tertiary/aromatic N) is 3. The van der Waals surface area contributed by atoms with Crippen molar-refractivity contribution in [3.05, 3.63) is 72.9 Å². The fourth-order valence-electron chi connectivity index (χ4n) is 2.39. The zero-order chi connectivity index (χ0) is 17.2. The van der Waals surface area contributed by atoms with Crippen molar-refractivity contribution in [2.24, 2.45) is 0 Å². The van der Waals surface area contributed by atoms with E-state index in [0.29, 0.717) is 15.3 Å². The van der Waals surface area contributed by atoms with Gasteiger partial charge in [0.2, 0.25) is 4.96 Å². The molecule has 1 aromatic carbocycles. The first-order chi connectivity index (χ1) is 12.2. The summed E-state index contributed by atoms with van der Waals surface area (Å²) in [4.78, 5) is 18.7. The predicted molar refractivity (Wildman–Crippen MR) is 102 cm³/mol. The summed E-state index contributed by atoms with van der Waals surface area (Å²) in [5.41, 5.74) is 0.679. The van der Waals surface area contributed by atoms with Crippen molar-refractivity contribution in [2.75, 3.05) is 7.11 Å². The van der Waals surface area contributed by atoms with Crippen LogP contribution in [-0.4, -0.2) is 21.7 Å². The number of benzene rings is 1. The Bertz CT molecular complexity index is 1160. The molecule has 0 fully saturated rings. The molecule has 0 spiro atoms. The average Bonchev–Trinajstić information content (AvgIpc) is 3.33. The number of fused-ring (bicyclic) bond motifs is 1. The van der Waals surface area contributed by atoms with Crippen molar-refractivity contribution in [2.45, 2.75) is 0 Å². The molecule has 4 rings (SSSR count). The van der Waals surface area contributed by atoms with Crippen LogP contribution in [0.25, 0.3) is 23.2 Å². The minimum atomic E-state index is -0.172. The van der Waals surface area contributed by atoms with Crippen molar-refractivity contribution in [3.63, 3.8) is 0 Å². The lowest BCUT2D eigenvalue weighted by molar-refractivity contribution is 0.414. The molecule has 7 heteroatoms. The fourth-order valence-corrected chi connectivity index (χ4v) is 3.91. The van der Waals surface area contributed by atoms with Crippen LogP contribution < -0.4 is 14.8 Å². The van der Waals surface area contributed by atoms with E-state index >= 15 is 0 Å². The minimum Gasteiger partial charge on any atom is -0.496 e. The molecule has 0 bridgehead atoms.